The summed E-state index contributed by atoms with van der Waals surface area (Å²) in [6.45, 7) is 0. The van der Waals surface area contributed by atoms with E-state index in [0.29, 0.717) is 0 Å². The lowest BCUT2D eigenvalue weighted by molar-refractivity contribution is -0.0897. The van der Waals surface area contributed by atoms with Crippen molar-refractivity contribution in [1.82, 2.24) is 0 Å². The van der Waals surface area contributed by atoms with Gasteiger partial charge in [-0.3, -0.25) is 0 Å². The van der Waals surface area contributed by atoms with E-state index in [1.807, 2.05) is 0 Å². The molecule has 0 aliphatic heterocycles. The van der Waals surface area contributed by atoms with Crippen molar-refractivity contribution in [3.63, 3.8) is 0 Å². The average molecular weight is 263 g/mol. The first-order valence-electron chi connectivity index (χ1n) is 3.61. The highest BCUT2D eigenvalue weighted by Crippen LogP contribution is 2.48. The summed E-state index contributed by atoms with van der Waals surface area (Å²) < 4.78 is 62.2. The fourth-order valence-corrected chi connectivity index (χ4v) is 1.51. The van der Waals surface area contributed by atoms with Gasteiger partial charge in [0.1, 0.15) is 5.82 Å². The Labute approximate surface area is 91.4 Å². The van der Waals surface area contributed by atoms with Gasteiger partial charge in [0, 0.05) is 4.90 Å². The van der Waals surface area contributed by atoms with Gasteiger partial charge in [-0.1, -0.05) is 0 Å². The van der Waals surface area contributed by atoms with Crippen LogP contribution in [0.3, 0.4) is 0 Å². The third-order valence-corrected chi connectivity index (χ3v) is 2.76. The summed E-state index contributed by atoms with van der Waals surface area (Å²) in [5, 5.41) is -9.08. The zero-order valence-corrected chi connectivity index (χ0v) is 8.56. The summed E-state index contributed by atoms with van der Waals surface area (Å²) in [6.07, 6.45) is 0. The topological polar surface area (TPSA) is 0 Å². The molecule has 1 aromatic carbocycles. The molecule has 0 spiro atoms. The molecule has 84 valence electrons. The van der Waals surface area contributed by atoms with E-state index in [1.165, 1.54) is 0 Å². The van der Waals surface area contributed by atoms with Crippen LogP contribution in [0.1, 0.15) is 0 Å². The summed E-state index contributed by atoms with van der Waals surface area (Å²) in [5.41, 5.74) is 0. The molecule has 0 N–H and O–H groups in total. The summed E-state index contributed by atoms with van der Waals surface area (Å²) in [5.74, 6) is -0.639. The third-order valence-electron chi connectivity index (χ3n) is 1.39. The Morgan fingerprint density at radius 2 is 1.47 bits per heavy atom. The van der Waals surface area contributed by atoms with Crippen molar-refractivity contribution in [3.05, 3.63) is 30.1 Å². The zero-order valence-electron chi connectivity index (χ0n) is 6.99. The van der Waals surface area contributed by atoms with Crippen LogP contribution in [0.15, 0.2) is 29.2 Å². The predicted molar refractivity (Wildman–Crippen MR) is 48.0 cm³/mol. The van der Waals surface area contributed by atoms with Gasteiger partial charge in [0.05, 0.1) is 0 Å². The molecule has 0 nitrogen and oxygen atoms in total. The molecule has 0 aliphatic carbocycles. The van der Waals surface area contributed by atoms with Crippen LogP contribution >= 0.6 is 23.4 Å². The lowest BCUT2D eigenvalue weighted by Gasteiger charge is -2.19. The van der Waals surface area contributed by atoms with Crippen LogP contribution in [0.5, 0.6) is 0 Å². The van der Waals surface area contributed by atoms with E-state index < -0.39 is 28.2 Å². The number of alkyl halides is 5. The van der Waals surface area contributed by atoms with E-state index in [1.54, 1.807) is 0 Å². The van der Waals surface area contributed by atoms with Gasteiger partial charge in [-0.05, 0) is 47.6 Å². The first kappa shape index (κ1) is 12.6. The Kier molecular flexibility index (Phi) is 3.50. The summed E-state index contributed by atoms with van der Waals surface area (Å²) in [4.78, 5) is -0.193. The van der Waals surface area contributed by atoms with Gasteiger partial charge in [-0.15, -0.1) is 0 Å². The van der Waals surface area contributed by atoms with E-state index in [-0.39, 0.29) is 4.90 Å². The summed E-state index contributed by atoms with van der Waals surface area (Å²) in [7, 11) is 0. The number of rotatable bonds is 3. The zero-order chi connectivity index (χ0) is 11.7. The Morgan fingerprint density at radius 1 is 1.00 bits per heavy atom. The van der Waals surface area contributed by atoms with Gasteiger partial charge < -0.3 is 0 Å². The van der Waals surface area contributed by atoms with Crippen LogP contribution in [0.25, 0.3) is 0 Å². The Bertz CT molecular complexity index is 332. The molecule has 0 saturated carbocycles. The normalized spacial score (nSPS) is 12.9. The van der Waals surface area contributed by atoms with Gasteiger partial charge >= 0.3 is 10.6 Å². The molecule has 0 fully saturated rings. The fourth-order valence-electron chi connectivity index (χ4n) is 0.709. The van der Waals surface area contributed by atoms with Crippen LogP contribution in [-0.4, -0.2) is 10.6 Å². The lowest BCUT2D eigenvalue weighted by atomic mass is 10.4. The standard InChI is InChI=1S/C8H4ClF5S/c9-7(11,12)8(13,14)15-6-3-1-5(10)2-4-6/h1-4H. The average Bonchev–Trinajstić information content (AvgIpc) is 2.06. The molecule has 1 rings (SSSR count). The van der Waals surface area contributed by atoms with Crippen molar-refractivity contribution < 1.29 is 22.0 Å². The largest absolute Gasteiger partial charge is 0.394 e. The molecule has 0 aliphatic rings. The predicted octanol–water partition coefficient (Wildman–Crippen LogP) is 4.34. The summed E-state index contributed by atoms with van der Waals surface area (Å²) in [6, 6.07) is 3.72. The van der Waals surface area contributed by atoms with Crippen LogP contribution in [0.2, 0.25) is 0 Å². The van der Waals surface area contributed by atoms with Gasteiger partial charge in [-0.25, -0.2) is 4.39 Å². The highest BCUT2D eigenvalue weighted by atomic mass is 35.5. The van der Waals surface area contributed by atoms with E-state index in [0.717, 1.165) is 24.3 Å². The monoisotopic (exact) mass is 262 g/mol. The molecule has 0 amide bonds. The number of benzene rings is 1. The first-order valence-corrected chi connectivity index (χ1v) is 4.81. The second-order valence-corrected chi connectivity index (χ2v) is 4.23. The van der Waals surface area contributed by atoms with Gasteiger partial charge in [0.15, 0.2) is 0 Å². The molecular formula is C8H4ClF5S. The van der Waals surface area contributed by atoms with E-state index in [9.17, 15) is 22.0 Å². The molecule has 0 aromatic heterocycles. The van der Waals surface area contributed by atoms with E-state index >= 15 is 0 Å². The van der Waals surface area contributed by atoms with Crippen LogP contribution in [0.4, 0.5) is 22.0 Å². The van der Waals surface area contributed by atoms with Crippen molar-refractivity contribution in [3.8, 4) is 0 Å². The minimum atomic E-state index is -4.65. The second kappa shape index (κ2) is 4.17. The molecule has 7 heteroatoms. The van der Waals surface area contributed by atoms with Crippen LogP contribution in [-0.2, 0) is 0 Å². The molecule has 0 atom stereocenters. The molecule has 0 radical (unpaired) electrons. The van der Waals surface area contributed by atoms with Gasteiger partial charge in [-0.2, -0.15) is 17.6 Å². The van der Waals surface area contributed by atoms with Crippen molar-refractivity contribution in [2.24, 2.45) is 0 Å². The molecule has 0 bridgehead atoms. The minimum absolute atomic E-state index is 0.193. The smallest absolute Gasteiger partial charge is 0.207 e. The van der Waals surface area contributed by atoms with Gasteiger partial charge in [0.25, 0.3) is 0 Å². The minimum Gasteiger partial charge on any atom is -0.207 e. The maximum atomic E-state index is 12.7. The number of hydrogen-bond donors (Lipinski definition) is 0. The second-order valence-electron chi connectivity index (χ2n) is 2.57. The molecule has 0 saturated heterocycles. The van der Waals surface area contributed by atoms with E-state index in [2.05, 4.69) is 11.6 Å². The Morgan fingerprint density at radius 3 is 1.87 bits per heavy atom. The fraction of sp³-hybridized carbons (Fsp3) is 0.250. The summed E-state index contributed by atoms with van der Waals surface area (Å²) >= 11 is 3.81. The number of halogens is 6. The van der Waals surface area contributed by atoms with Crippen LogP contribution in [0, 0.1) is 5.82 Å². The maximum absolute atomic E-state index is 12.7. The maximum Gasteiger partial charge on any atom is 0.394 e. The first-order chi connectivity index (χ1) is 6.72. The third kappa shape index (κ3) is 3.24. The Balaban J connectivity index is 2.82. The van der Waals surface area contributed by atoms with Crippen molar-refractivity contribution in [2.75, 3.05) is 0 Å². The van der Waals surface area contributed by atoms with Gasteiger partial charge in [0.2, 0.25) is 0 Å². The number of thioether (sulfide) groups is 1. The van der Waals surface area contributed by atoms with Crippen molar-refractivity contribution >= 4 is 23.4 Å². The number of hydrogen-bond acceptors (Lipinski definition) is 1. The van der Waals surface area contributed by atoms with Crippen molar-refractivity contribution in [2.45, 2.75) is 15.5 Å². The highest BCUT2D eigenvalue weighted by Gasteiger charge is 2.55. The van der Waals surface area contributed by atoms with Crippen molar-refractivity contribution in [1.29, 1.82) is 0 Å². The van der Waals surface area contributed by atoms with E-state index in [4.69, 9.17) is 0 Å². The molecule has 15 heavy (non-hydrogen) atoms. The molecular weight excluding hydrogens is 259 g/mol. The molecule has 1 aromatic rings. The van der Waals surface area contributed by atoms with Crippen LogP contribution < -0.4 is 0 Å². The molecule has 0 unspecified atom stereocenters. The lowest BCUT2D eigenvalue weighted by Crippen LogP contribution is -2.31. The molecule has 0 heterocycles. The highest BCUT2D eigenvalue weighted by molar-refractivity contribution is 8.00. The quantitative estimate of drug-likeness (QED) is 0.443. The SMILES string of the molecule is Fc1ccc(SC(F)(F)C(F)(F)Cl)cc1. The Hall–Kier alpha value is -0.490.